The summed E-state index contributed by atoms with van der Waals surface area (Å²) in [5.74, 6) is 0.577. The van der Waals surface area contributed by atoms with Crippen LogP contribution in [0.4, 0.5) is 0 Å². The second-order valence-corrected chi connectivity index (χ2v) is 4.70. The quantitative estimate of drug-likeness (QED) is 0.788. The number of aromatic nitrogens is 1. The van der Waals surface area contributed by atoms with Crippen molar-refractivity contribution in [1.29, 1.82) is 0 Å². The summed E-state index contributed by atoms with van der Waals surface area (Å²) in [6.45, 7) is 9.44. The molecule has 2 unspecified atom stereocenters. The van der Waals surface area contributed by atoms with Crippen molar-refractivity contribution in [3.63, 3.8) is 0 Å². The Morgan fingerprint density at radius 3 is 2.65 bits per heavy atom. The van der Waals surface area contributed by atoms with Crippen molar-refractivity contribution >= 4 is 0 Å². The van der Waals surface area contributed by atoms with Gasteiger partial charge in [-0.25, -0.2) is 0 Å². The predicted octanol–water partition coefficient (Wildman–Crippen LogP) is 2.28. The van der Waals surface area contributed by atoms with Gasteiger partial charge in [0, 0.05) is 25.3 Å². The van der Waals surface area contributed by atoms with E-state index in [0.717, 1.165) is 31.7 Å². The lowest BCUT2D eigenvalue weighted by Gasteiger charge is -2.27. The molecule has 3 nitrogen and oxygen atoms in total. The van der Waals surface area contributed by atoms with Gasteiger partial charge in [0.15, 0.2) is 0 Å². The van der Waals surface area contributed by atoms with E-state index < -0.39 is 0 Å². The molecule has 0 bridgehead atoms. The summed E-state index contributed by atoms with van der Waals surface area (Å²) in [5.41, 5.74) is 7.31. The topological polar surface area (TPSA) is 42.1 Å². The number of pyridine rings is 1. The van der Waals surface area contributed by atoms with Crippen molar-refractivity contribution in [2.24, 2.45) is 11.7 Å². The van der Waals surface area contributed by atoms with E-state index in [2.05, 4.69) is 36.7 Å². The average Bonchev–Trinajstić information content (AvgIpc) is 2.38. The zero-order valence-electron chi connectivity index (χ0n) is 11.3. The normalized spacial score (nSPS) is 14.9. The van der Waals surface area contributed by atoms with Crippen LogP contribution in [0.25, 0.3) is 0 Å². The maximum Gasteiger partial charge on any atom is 0.0543 e. The lowest BCUT2D eigenvalue weighted by atomic mass is 9.99. The van der Waals surface area contributed by atoms with Gasteiger partial charge in [-0.1, -0.05) is 33.3 Å². The molecule has 0 saturated heterocycles. The third-order valence-electron chi connectivity index (χ3n) is 3.40. The lowest BCUT2D eigenvalue weighted by Crippen LogP contribution is -2.41. The van der Waals surface area contributed by atoms with E-state index in [1.165, 1.54) is 0 Å². The van der Waals surface area contributed by atoms with Crippen LogP contribution in [0, 0.1) is 5.92 Å². The standard InChI is InChI=1S/C14H25N3/c1-4-12(3)14(15)11-17(5-2)10-13-8-6-7-9-16-13/h6-9,12,14H,4-5,10-11,15H2,1-3H3. The smallest absolute Gasteiger partial charge is 0.0543 e. The lowest BCUT2D eigenvalue weighted by molar-refractivity contribution is 0.232. The number of hydrogen-bond acceptors (Lipinski definition) is 3. The third-order valence-corrected chi connectivity index (χ3v) is 3.40. The van der Waals surface area contributed by atoms with E-state index in [1.807, 2.05) is 18.3 Å². The number of nitrogens with two attached hydrogens (primary N) is 1. The summed E-state index contributed by atoms with van der Waals surface area (Å²) >= 11 is 0. The molecule has 0 aliphatic rings. The van der Waals surface area contributed by atoms with Gasteiger partial charge in [-0.2, -0.15) is 0 Å². The molecule has 0 saturated carbocycles. The molecule has 2 N–H and O–H groups in total. The number of hydrogen-bond donors (Lipinski definition) is 1. The van der Waals surface area contributed by atoms with Crippen LogP contribution in [0.3, 0.4) is 0 Å². The molecular weight excluding hydrogens is 210 g/mol. The van der Waals surface area contributed by atoms with E-state index in [4.69, 9.17) is 5.73 Å². The Kier molecular flexibility index (Phi) is 6.16. The summed E-state index contributed by atoms with van der Waals surface area (Å²) in [7, 11) is 0. The van der Waals surface area contributed by atoms with Crippen molar-refractivity contribution < 1.29 is 0 Å². The molecule has 0 amide bonds. The maximum atomic E-state index is 6.20. The molecule has 1 heterocycles. The first-order valence-electron chi connectivity index (χ1n) is 6.55. The molecule has 96 valence electrons. The van der Waals surface area contributed by atoms with Crippen molar-refractivity contribution in [3.05, 3.63) is 30.1 Å². The fourth-order valence-electron chi connectivity index (χ4n) is 1.81. The summed E-state index contributed by atoms with van der Waals surface area (Å²) in [6, 6.07) is 6.30. The van der Waals surface area contributed by atoms with Gasteiger partial charge >= 0.3 is 0 Å². The van der Waals surface area contributed by atoms with Gasteiger partial charge in [0.1, 0.15) is 0 Å². The van der Waals surface area contributed by atoms with Crippen LogP contribution in [0.1, 0.15) is 32.9 Å². The minimum Gasteiger partial charge on any atom is -0.326 e. The first-order chi connectivity index (χ1) is 8.17. The predicted molar refractivity (Wildman–Crippen MR) is 72.6 cm³/mol. The molecule has 2 atom stereocenters. The van der Waals surface area contributed by atoms with E-state index in [9.17, 15) is 0 Å². The van der Waals surface area contributed by atoms with E-state index in [0.29, 0.717) is 5.92 Å². The van der Waals surface area contributed by atoms with Gasteiger partial charge in [0.25, 0.3) is 0 Å². The minimum atomic E-state index is 0.253. The highest BCUT2D eigenvalue weighted by molar-refractivity contribution is 5.03. The Balaban J connectivity index is 2.49. The number of nitrogens with zero attached hydrogens (tertiary/aromatic N) is 2. The van der Waals surface area contributed by atoms with Crippen LogP contribution in [0.5, 0.6) is 0 Å². The second-order valence-electron chi connectivity index (χ2n) is 4.70. The highest BCUT2D eigenvalue weighted by atomic mass is 15.1. The molecule has 3 heteroatoms. The summed E-state index contributed by atoms with van der Waals surface area (Å²) in [4.78, 5) is 6.72. The van der Waals surface area contributed by atoms with Crippen molar-refractivity contribution in [2.75, 3.05) is 13.1 Å². The fraction of sp³-hybridized carbons (Fsp3) is 0.643. The molecule has 0 radical (unpaired) electrons. The van der Waals surface area contributed by atoms with E-state index in [-0.39, 0.29) is 6.04 Å². The molecular formula is C14H25N3. The second kappa shape index (κ2) is 7.41. The molecule has 1 aromatic heterocycles. The highest BCUT2D eigenvalue weighted by Gasteiger charge is 2.14. The van der Waals surface area contributed by atoms with E-state index in [1.54, 1.807) is 0 Å². The molecule has 0 aliphatic heterocycles. The SMILES string of the molecule is CCC(C)C(N)CN(CC)Cc1ccccn1. The third kappa shape index (κ3) is 4.84. The van der Waals surface area contributed by atoms with Gasteiger partial charge in [-0.15, -0.1) is 0 Å². The Bertz CT molecular complexity index is 300. The van der Waals surface area contributed by atoms with Crippen LogP contribution in [-0.2, 0) is 6.54 Å². The Hall–Kier alpha value is -0.930. The molecule has 1 aromatic rings. The van der Waals surface area contributed by atoms with E-state index >= 15 is 0 Å². The summed E-state index contributed by atoms with van der Waals surface area (Å²) in [5, 5.41) is 0. The Morgan fingerprint density at radius 2 is 2.12 bits per heavy atom. The Labute approximate surface area is 105 Å². The molecule has 17 heavy (non-hydrogen) atoms. The number of likely N-dealkylation sites (N-methyl/N-ethyl adjacent to an activating group) is 1. The molecule has 0 aromatic carbocycles. The first kappa shape index (κ1) is 14.1. The average molecular weight is 235 g/mol. The number of rotatable bonds is 7. The molecule has 0 fully saturated rings. The van der Waals surface area contributed by atoms with Crippen molar-refractivity contribution in [1.82, 2.24) is 9.88 Å². The van der Waals surface area contributed by atoms with Crippen molar-refractivity contribution in [3.8, 4) is 0 Å². The van der Waals surface area contributed by atoms with Gasteiger partial charge in [0.05, 0.1) is 5.69 Å². The maximum absolute atomic E-state index is 6.20. The van der Waals surface area contributed by atoms with Gasteiger partial charge in [-0.3, -0.25) is 9.88 Å². The van der Waals surface area contributed by atoms with Crippen LogP contribution in [0.15, 0.2) is 24.4 Å². The Morgan fingerprint density at radius 1 is 1.35 bits per heavy atom. The summed E-state index contributed by atoms with van der Waals surface area (Å²) < 4.78 is 0. The largest absolute Gasteiger partial charge is 0.326 e. The van der Waals surface area contributed by atoms with Gasteiger partial charge in [-0.05, 0) is 24.6 Å². The van der Waals surface area contributed by atoms with Crippen LogP contribution in [-0.4, -0.2) is 29.0 Å². The highest BCUT2D eigenvalue weighted by Crippen LogP contribution is 2.09. The zero-order valence-corrected chi connectivity index (χ0v) is 11.3. The van der Waals surface area contributed by atoms with Crippen LogP contribution >= 0.6 is 0 Å². The zero-order chi connectivity index (χ0) is 12.7. The van der Waals surface area contributed by atoms with Crippen LogP contribution in [0.2, 0.25) is 0 Å². The fourth-order valence-corrected chi connectivity index (χ4v) is 1.81. The van der Waals surface area contributed by atoms with Crippen molar-refractivity contribution in [2.45, 2.75) is 39.8 Å². The molecule has 0 spiro atoms. The minimum absolute atomic E-state index is 0.253. The van der Waals surface area contributed by atoms with Gasteiger partial charge in [0.2, 0.25) is 0 Å². The summed E-state index contributed by atoms with van der Waals surface area (Å²) in [6.07, 6.45) is 2.99. The van der Waals surface area contributed by atoms with Gasteiger partial charge < -0.3 is 5.73 Å². The monoisotopic (exact) mass is 235 g/mol. The molecule has 1 rings (SSSR count). The van der Waals surface area contributed by atoms with Crippen LogP contribution < -0.4 is 5.73 Å². The first-order valence-corrected chi connectivity index (χ1v) is 6.55. The molecule has 0 aliphatic carbocycles.